The Morgan fingerprint density at radius 3 is 2.80 bits per heavy atom. The minimum atomic E-state index is 0.719. The molecular formula is C19H29N. The molecule has 0 spiro atoms. The molecule has 0 heterocycles. The summed E-state index contributed by atoms with van der Waals surface area (Å²) in [6.45, 7) is 2.42. The minimum absolute atomic E-state index is 0.719. The average Bonchev–Trinajstić information content (AvgIpc) is 2.91. The van der Waals surface area contributed by atoms with Gasteiger partial charge in [-0.1, -0.05) is 37.6 Å². The Morgan fingerprint density at radius 1 is 1.20 bits per heavy atom. The Kier molecular flexibility index (Phi) is 4.45. The summed E-state index contributed by atoms with van der Waals surface area (Å²) in [7, 11) is 2.17. The maximum absolute atomic E-state index is 3.64. The summed E-state index contributed by atoms with van der Waals surface area (Å²) in [5, 5.41) is 3.64. The SMILES string of the molecule is CNC(CC1CCCc2ccccc21)C1CCC(C)C1. The molecule has 1 nitrogen and oxygen atoms in total. The van der Waals surface area contributed by atoms with Crippen molar-refractivity contribution < 1.29 is 0 Å². The fourth-order valence-electron chi connectivity index (χ4n) is 4.57. The molecular weight excluding hydrogens is 242 g/mol. The van der Waals surface area contributed by atoms with Crippen LogP contribution in [-0.2, 0) is 6.42 Å². The van der Waals surface area contributed by atoms with Gasteiger partial charge in [-0.3, -0.25) is 0 Å². The predicted octanol–water partition coefficient (Wildman–Crippen LogP) is 4.52. The van der Waals surface area contributed by atoms with Crippen molar-refractivity contribution >= 4 is 0 Å². The van der Waals surface area contributed by atoms with Crippen molar-refractivity contribution in [3.8, 4) is 0 Å². The fourth-order valence-corrected chi connectivity index (χ4v) is 4.57. The number of nitrogens with one attached hydrogen (secondary N) is 1. The smallest absolute Gasteiger partial charge is 0.00982 e. The van der Waals surface area contributed by atoms with Crippen LogP contribution in [0, 0.1) is 11.8 Å². The van der Waals surface area contributed by atoms with Crippen molar-refractivity contribution in [2.45, 2.75) is 63.8 Å². The molecule has 0 aliphatic heterocycles. The molecule has 0 saturated heterocycles. The molecule has 1 aromatic carbocycles. The Labute approximate surface area is 124 Å². The predicted molar refractivity (Wildman–Crippen MR) is 86.1 cm³/mol. The number of aryl methyl sites for hydroxylation is 1. The number of hydrogen-bond acceptors (Lipinski definition) is 1. The lowest BCUT2D eigenvalue weighted by molar-refractivity contribution is 0.320. The molecule has 3 rings (SSSR count). The Morgan fingerprint density at radius 2 is 2.05 bits per heavy atom. The van der Waals surface area contributed by atoms with E-state index in [9.17, 15) is 0 Å². The Balaban J connectivity index is 1.70. The zero-order valence-electron chi connectivity index (χ0n) is 13.1. The molecule has 1 heteroatoms. The van der Waals surface area contributed by atoms with Crippen LogP contribution in [0.15, 0.2) is 24.3 Å². The molecule has 0 radical (unpaired) electrons. The van der Waals surface area contributed by atoms with E-state index < -0.39 is 0 Å². The first kappa shape index (κ1) is 14.1. The summed E-state index contributed by atoms with van der Waals surface area (Å²) in [4.78, 5) is 0. The van der Waals surface area contributed by atoms with Gasteiger partial charge in [0.05, 0.1) is 0 Å². The number of rotatable bonds is 4. The molecule has 2 aliphatic rings. The molecule has 1 N–H and O–H groups in total. The lowest BCUT2D eigenvalue weighted by Gasteiger charge is -2.31. The van der Waals surface area contributed by atoms with Crippen LogP contribution in [0.1, 0.15) is 62.5 Å². The molecule has 4 atom stereocenters. The van der Waals surface area contributed by atoms with Crippen molar-refractivity contribution in [1.82, 2.24) is 5.32 Å². The maximum Gasteiger partial charge on any atom is 0.00982 e. The van der Waals surface area contributed by atoms with Crippen LogP contribution in [0.4, 0.5) is 0 Å². The zero-order chi connectivity index (χ0) is 13.9. The lowest BCUT2D eigenvalue weighted by atomic mass is 9.77. The van der Waals surface area contributed by atoms with Crippen LogP contribution in [0.2, 0.25) is 0 Å². The second kappa shape index (κ2) is 6.30. The average molecular weight is 271 g/mol. The first-order chi connectivity index (χ1) is 9.78. The monoisotopic (exact) mass is 271 g/mol. The van der Waals surface area contributed by atoms with Crippen LogP contribution in [0.5, 0.6) is 0 Å². The molecule has 2 aliphatic carbocycles. The molecule has 20 heavy (non-hydrogen) atoms. The van der Waals surface area contributed by atoms with Crippen LogP contribution >= 0.6 is 0 Å². The quantitative estimate of drug-likeness (QED) is 0.849. The van der Waals surface area contributed by atoms with E-state index in [2.05, 4.69) is 43.6 Å². The first-order valence-electron chi connectivity index (χ1n) is 8.53. The van der Waals surface area contributed by atoms with E-state index in [1.54, 1.807) is 11.1 Å². The molecule has 110 valence electrons. The summed E-state index contributed by atoms with van der Waals surface area (Å²) >= 11 is 0. The van der Waals surface area contributed by atoms with Crippen molar-refractivity contribution in [3.05, 3.63) is 35.4 Å². The van der Waals surface area contributed by atoms with Gasteiger partial charge in [-0.2, -0.15) is 0 Å². The summed E-state index contributed by atoms with van der Waals surface area (Å²) in [5.74, 6) is 2.63. The molecule has 1 aromatic rings. The van der Waals surface area contributed by atoms with E-state index in [1.807, 2.05) is 0 Å². The second-order valence-corrected chi connectivity index (χ2v) is 7.10. The molecule has 4 unspecified atom stereocenters. The fraction of sp³-hybridized carbons (Fsp3) is 0.684. The molecule has 1 saturated carbocycles. The van der Waals surface area contributed by atoms with Gasteiger partial charge < -0.3 is 5.32 Å². The van der Waals surface area contributed by atoms with Gasteiger partial charge >= 0.3 is 0 Å². The normalized spacial score (nSPS) is 31.0. The van der Waals surface area contributed by atoms with Gasteiger partial charge in [-0.25, -0.2) is 0 Å². The Hall–Kier alpha value is -0.820. The highest BCUT2D eigenvalue weighted by molar-refractivity contribution is 5.32. The maximum atomic E-state index is 3.64. The van der Waals surface area contributed by atoms with Gasteiger partial charge in [-0.15, -0.1) is 0 Å². The number of hydrogen-bond donors (Lipinski definition) is 1. The van der Waals surface area contributed by atoms with Crippen molar-refractivity contribution in [2.24, 2.45) is 11.8 Å². The van der Waals surface area contributed by atoms with E-state index in [1.165, 1.54) is 44.9 Å². The van der Waals surface area contributed by atoms with E-state index in [0.29, 0.717) is 0 Å². The highest BCUT2D eigenvalue weighted by atomic mass is 14.9. The third-order valence-corrected chi connectivity index (χ3v) is 5.71. The number of fused-ring (bicyclic) bond motifs is 1. The van der Waals surface area contributed by atoms with E-state index in [-0.39, 0.29) is 0 Å². The molecule has 1 fully saturated rings. The van der Waals surface area contributed by atoms with Gasteiger partial charge in [0.15, 0.2) is 0 Å². The van der Waals surface area contributed by atoms with Gasteiger partial charge in [0.1, 0.15) is 0 Å². The van der Waals surface area contributed by atoms with Crippen LogP contribution in [-0.4, -0.2) is 13.1 Å². The van der Waals surface area contributed by atoms with Gasteiger partial charge in [-0.05, 0) is 74.5 Å². The van der Waals surface area contributed by atoms with E-state index >= 15 is 0 Å². The van der Waals surface area contributed by atoms with Crippen LogP contribution in [0.25, 0.3) is 0 Å². The zero-order valence-corrected chi connectivity index (χ0v) is 13.1. The standard InChI is InChI=1S/C19H29N/c1-14-10-11-17(12-14)19(20-2)13-16-8-5-7-15-6-3-4-9-18(15)16/h3-4,6,9,14,16-17,19-20H,5,7-8,10-13H2,1-2H3. The summed E-state index contributed by atoms with van der Waals surface area (Å²) in [6, 6.07) is 9.87. The van der Waals surface area contributed by atoms with Crippen molar-refractivity contribution in [3.63, 3.8) is 0 Å². The van der Waals surface area contributed by atoms with E-state index in [0.717, 1.165) is 23.8 Å². The van der Waals surface area contributed by atoms with Crippen molar-refractivity contribution in [2.75, 3.05) is 7.05 Å². The number of benzene rings is 1. The third-order valence-electron chi connectivity index (χ3n) is 5.71. The molecule has 0 amide bonds. The highest BCUT2D eigenvalue weighted by Gasteiger charge is 2.31. The second-order valence-electron chi connectivity index (χ2n) is 7.10. The molecule has 0 bridgehead atoms. The summed E-state index contributed by atoms with van der Waals surface area (Å²) < 4.78 is 0. The summed E-state index contributed by atoms with van der Waals surface area (Å²) in [5.41, 5.74) is 3.25. The third kappa shape index (κ3) is 2.93. The van der Waals surface area contributed by atoms with Crippen molar-refractivity contribution in [1.29, 1.82) is 0 Å². The van der Waals surface area contributed by atoms with Crippen LogP contribution < -0.4 is 5.32 Å². The van der Waals surface area contributed by atoms with Crippen LogP contribution in [0.3, 0.4) is 0 Å². The minimum Gasteiger partial charge on any atom is -0.317 e. The molecule has 0 aromatic heterocycles. The topological polar surface area (TPSA) is 12.0 Å². The Bertz CT molecular complexity index is 439. The van der Waals surface area contributed by atoms with Gasteiger partial charge in [0.2, 0.25) is 0 Å². The lowest BCUT2D eigenvalue weighted by Crippen LogP contribution is -2.34. The van der Waals surface area contributed by atoms with E-state index in [4.69, 9.17) is 0 Å². The van der Waals surface area contributed by atoms with Gasteiger partial charge in [0.25, 0.3) is 0 Å². The summed E-state index contributed by atoms with van der Waals surface area (Å²) in [6.07, 6.45) is 9.68. The van der Waals surface area contributed by atoms with Gasteiger partial charge in [0, 0.05) is 6.04 Å². The largest absolute Gasteiger partial charge is 0.317 e. The first-order valence-corrected chi connectivity index (χ1v) is 8.53. The highest BCUT2D eigenvalue weighted by Crippen LogP contribution is 2.39.